The van der Waals surface area contributed by atoms with Crippen molar-refractivity contribution in [3.63, 3.8) is 0 Å². The molecule has 0 spiro atoms. The first-order valence-electron chi connectivity index (χ1n) is 6.25. The summed E-state index contributed by atoms with van der Waals surface area (Å²) in [4.78, 5) is 0. The maximum absolute atomic E-state index is 5.45. The lowest BCUT2D eigenvalue weighted by atomic mass is 9.90. The minimum atomic E-state index is 0.527. The SMILES string of the molecule is CCOc1ccc(C2CC(C)CCN2)cc1. The van der Waals surface area contributed by atoms with Crippen molar-refractivity contribution in [3.8, 4) is 5.75 Å². The van der Waals surface area contributed by atoms with Gasteiger partial charge in [-0.15, -0.1) is 0 Å². The van der Waals surface area contributed by atoms with Crippen molar-refractivity contribution in [2.45, 2.75) is 32.7 Å². The topological polar surface area (TPSA) is 21.3 Å². The highest BCUT2D eigenvalue weighted by Crippen LogP contribution is 2.27. The van der Waals surface area contributed by atoms with E-state index in [1.807, 2.05) is 6.92 Å². The van der Waals surface area contributed by atoms with E-state index in [1.165, 1.54) is 18.4 Å². The quantitative estimate of drug-likeness (QED) is 0.843. The lowest BCUT2D eigenvalue weighted by Crippen LogP contribution is -2.30. The molecule has 16 heavy (non-hydrogen) atoms. The molecule has 1 saturated heterocycles. The van der Waals surface area contributed by atoms with Crippen LogP contribution in [-0.2, 0) is 0 Å². The lowest BCUT2D eigenvalue weighted by Gasteiger charge is -2.28. The third kappa shape index (κ3) is 2.76. The summed E-state index contributed by atoms with van der Waals surface area (Å²) >= 11 is 0. The summed E-state index contributed by atoms with van der Waals surface area (Å²) in [6, 6.07) is 9.03. The summed E-state index contributed by atoms with van der Waals surface area (Å²) in [5, 5.41) is 3.58. The number of hydrogen-bond donors (Lipinski definition) is 1. The fraction of sp³-hybridized carbons (Fsp3) is 0.571. The molecule has 1 aliphatic rings. The number of hydrogen-bond acceptors (Lipinski definition) is 2. The highest BCUT2D eigenvalue weighted by molar-refractivity contribution is 5.29. The minimum Gasteiger partial charge on any atom is -0.494 e. The van der Waals surface area contributed by atoms with Gasteiger partial charge in [-0.25, -0.2) is 0 Å². The third-order valence-corrected chi connectivity index (χ3v) is 3.26. The van der Waals surface area contributed by atoms with Gasteiger partial charge in [0, 0.05) is 6.04 Å². The van der Waals surface area contributed by atoms with Gasteiger partial charge in [0.15, 0.2) is 0 Å². The number of piperidine rings is 1. The Morgan fingerprint density at radius 2 is 2.06 bits per heavy atom. The highest BCUT2D eigenvalue weighted by Gasteiger charge is 2.19. The van der Waals surface area contributed by atoms with Crippen molar-refractivity contribution in [3.05, 3.63) is 29.8 Å². The number of nitrogens with one attached hydrogen (secondary N) is 1. The first kappa shape index (κ1) is 11.5. The van der Waals surface area contributed by atoms with E-state index in [-0.39, 0.29) is 0 Å². The first-order chi connectivity index (χ1) is 7.79. The van der Waals surface area contributed by atoms with Crippen molar-refractivity contribution in [2.24, 2.45) is 5.92 Å². The van der Waals surface area contributed by atoms with Gasteiger partial charge in [-0.1, -0.05) is 19.1 Å². The molecule has 1 N–H and O–H groups in total. The van der Waals surface area contributed by atoms with E-state index in [1.54, 1.807) is 0 Å². The summed E-state index contributed by atoms with van der Waals surface area (Å²) in [7, 11) is 0. The van der Waals surface area contributed by atoms with Crippen LogP contribution in [-0.4, -0.2) is 13.2 Å². The maximum Gasteiger partial charge on any atom is 0.119 e. The van der Waals surface area contributed by atoms with Crippen LogP contribution in [0.1, 0.15) is 38.3 Å². The molecular formula is C14H21NO. The lowest BCUT2D eigenvalue weighted by molar-refractivity contribution is 0.323. The van der Waals surface area contributed by atoms with E-state index in [0.717, 1.165) is 24.8 Å². The molecule has 1 heterocycles. The molecule has 88 valence electrons. The third-order valence-electron chi connectivity index (χ3n) is 3.26. The van der Waals surface area contributed by atoms with Gasteiger partial charge in [0.2, 0.25) is 0 Å². The van der Waals surface area contributed by atoms with Gasteiger partial charge < -0.3 is 10.1 Å². The molecule has 0 bridgehead atoms. The first-order valence-corrected chi connectivity index (χ1v) is 6.25. The molecule has 1 aliphatic heterocycles. The summed E-state index contributed by atoms with van der Waals surface area (Å²) in [5.74, 6) is 1.80. The summed E-state index contributed by atoms with van der Waals surface area (Å²) in [6.45, 7) is 6.22. The molecule has 2 atom stereocenters. The van der Waals surface area contributed by atoms with E-state index in [9.17, 15) is 0 Å². The zero-order chi connectivity index (χ0) is 11.4. The Bertz CT molecular complexity index is 320. The minimum absolute atomic E-state index is 0.527. The van der Waals surface area contributed by atoms with E-state index < -0.39 is 0 Å². The van der Waals surface area contributed by atoms with Gasteiger partial charge in [-0.2, -0.15) is 0 Å². The summed E-state index contributed by atoms with van der Waals surface area (Å²) in [5.41, 5.74) is 1.38. The van der Waals surface area contributed by atoms with E-state index >= 15 is 0 Å². The summed E-state index contributed by atoms with van der Waals surface area (Å²) < 4.78 is 5.45. The zero-order valence-corrected chi connectivity index (χ0v) is 10.2. The maximum atomic E-state index is 5.45. The second kappa shape index (κ2) is 5.35. The smallest absolute Gasteiger partial charge is 0.119 e. The van der Waals surface area contributed by atoms with Crippen LogP contribution in [0.15, 0.2) is 24.3 Å². The molecule has 2 unspecified atom stereocenters. The molecule has 1 aromatic carbocycles. The van der Waals surface area contributed by atoms with Crippen LogP contribution >= 0.6 is 0 Å². The normalized spacial score (nSPS) is 25.4. The van der Waals surface area contributed by atoms with Crippen LogP contribution in [0.2, 0.25) is 0 Å². The average molecular weight is 219 g/mol. The molecule has 0 amide bonds. The van der Waals surface area contributed by atoms with Crippen LogP contribution < -0.4 is 10.1 Å². The van der Waals surface area contributed by atoms with Gasteiger partial charge >= 0.3 is 0 Å². The molecule has 0 saturated carbocycles. The molecular weight excluding hydrogens is 198 g/mol. The fourth-order valence-corrected chi connectivity index (χ4v) is 2.32. The second-order valence-electron chi connectivity index (χ2n) is 4.64. The predicted molar refractivity (Wildman–Crippen MR) is 66.8 cm³/mol. The van der Waals surface area contributed by atoms with Gasteiger partial charge in [0.1, 0.15) is 5.75 Å². The Balaban J connectivity index is 2.03. The van der Waals surface area contributed by atoms with Gasteiger partial charge in [-0.3, -0.25) is 0 Å². The van der Waals surface area contributed by atoms with Crippen molar-refractivity contribution in [2.75, 3.05) is 13.2 Å². The van der Waals surface area contributed by atoms with Gasteiger partial charge in [-0.05, 0) is 49.9 Å². The van der Waals surface area contributed by atoms with E-state index in [2.05, 4.69) is 36.5 Å². The van der Waals surface area contributed by atoms with Crippen LogP contribution in [0.3, 0.4) is 0 Å². The number of ether oxygens (including phenoxy) is 1. The Kier molecular flexibility index (Phi) is 3.83. The Morgan fingerprint density at radius 1 is 1.31 bits per heavy atom. The fourth-order valence-electron chi connectivity index (χ4n) is 2.32. The van der Waals surface area contributed by atoms with Crippen LogP contribution in [0, 0.1) is 5.92 Å². The zero-order valence-electron chi connectivity index (χ0n) is 10.2. The van der Waals surface area contributed by atoms with E-state index in [4.69, 9.17) is 4.74 Å². The van der Waals surface area contributed by atoms with Crippen molar-refractivity contribution >= 4 is 0 Å². The van der Waals surface area contributed by atoms with Gasteiger partial charge in [0.05, 0.1) is 6.61 Å². The largest absolute Gasteiger partial charge is 0.494 e. The summed E-state index contributed by atoms with van der Waals surface area (Å²) in [6.07, 6.45) is 2.54. The average Bonchev–Trinajstić information content (AvgIpc) is 2.30. The number of rotatable bonds is 3. The predicted octanol–water partition coefficient (Wildman–Crippen LogP) is 3.15. The van der Waals surface area contributed by atoms with Gasteiger partial charge in [0.25, 0.3) is 0 Å². The number of benzene rings is 1. The molecule has 0 radical (unpaired) electrons. The van der Waals surface area contributed by atoms with Crippen molar-refractivity contribution in [1.82, 2.24) is 5.32 Å². The van der Waals surface area contributed by atoms with Crippen molar-refractivity contribution in [1.29, 1.82) is 0 Å². The molecule has 2 rings (SSSR count). The Labute approximate surface area is 98.0 Å². The van der Waals surface area contributed by atoms with Crippen LogP contribution in [0.25, 0.3) is 0 Å². The Hall–Kier alpha value is -1.02. The molecule has 0 aromatic heterocycles. The van der Waals surface area contributed by atoms with Crippen molar-refractivity contribution < 1.29 is 4.74 Å². The monoisotopic (exact) mass is 219 g/mol. The molecule has 2 heteroatoms. The van der Waals surface area contributed by atoms with E-state index in [0.29, 0.717) is 6.04 Å². The molecule has 1 aromatic rings. The molecule has 2 nitrogen and oxygen atoms in total. The molecule has 0 aliphatic carbocycles. The molecule has 1 fully saturated rings. The van der Waals surface area contributed by atoms with Crippen LogP contribution in [0.5, 0.6) is 5.75 Å². The van der Waals surface area contributed by atoms with Crippen LogP contribution in [0.4, 0.5) is 0 Å². The second-order valence-corrected chi connectivity index (χ2v) is 4.64. The highest BCUT2D eigenvalue weighted by atomic mass is 16.5. The standard InChI is InChI=1S/C14H21NO/c1-3-16-13-6-4-12(5-7-13)14-10-11(2)8-9-15-14/h4-7,11,14-15H,3,8-10H2,1-2H3. The Morgan fingerprint density at radius 3 is 2.69 bits per heavy atom.